The first kappa shape index (κ1) is 11.6. The smallest absolute Gasteiger partial charge is 0.0906 e. The van der Waals surface area contributed by atoms with Crippen molar-refractivity contribution < 1.29 is 4.39 Å². The van der Waals surface area contributed by atoms with Crippen LogP contribution in [-0.4, -0.2) is 19.3 Å². The van der Waals surface area contributed by atoms with Crippen LogP contribution < -0.4 is 5.32 Å². The molecule has 1 fully saturated rings. The van der Waals surface area contributed by atoms with Crippen molar-refractivity contribution in [3.63, 3.8) is 0 Å². The van der Waals surface area contributed by atoms with Crippen molar-refractivity contribution in [2.45, 2.75) is 38.1 Å². The Hall–Kier alpha value is -0.890. The highest BCUT2D eigenvalue weighted by molar-refractivity contribution is 5.27. The minimum atomic E-state index is -0.207. The van der Waals surface area contributed by atoms with E-state index in [-0.39, 0.29) is 6.67 Å². The van der Waals surface area contributed by atoms with Gasteiger partial charge < -0.3 is 5.32 Å². The van der Waals surface area contributed by atoms with Crippen LogP contribution in [0.3, 0.4) is 0 Å². The number of rotatable bonds is 5. The van der Waals surface area contributed by atoms with Gasteiger partial charge in [-0.3, -0.25) is 4.39 Å². The SMILES string of the molecule is Cc1cccc(C2CC(NCCCF)C2)c1. The summed E-state index contributed by atoms with van der Waals surface area (Å²) in [6, 6.07) is 9.38. The van der Waals surface area contributed by atoms with Gasteiger partial charge in [0.25, 0.3) is 0 Å². The van der Waals surface area contributed by atoms with Crippen LogP contribution in [0.2, 0.25) is 0 Å². The standard InChI is InChI=1S/C14H20FN/c1-11-4-2-5-12(8-11)13-9-14(10-13)16-7-3-6-15/h2,4-5,8,13-14,16H,3,6-7,9-10H2,1H3. The van der Waals surface area contributed by atoms with E-state index in [0.29, 0.717) is 18.4 Å². The first-order valence-electron chi connectivity index (χ1n) is 6.15. The molecule has 1 saturated carbocycles. The lowest BCUT2D eigenvalue weighted by atomic mass is 9.75. The molecule has 1 aliphatic carbocycles. The predicted octanol–water partition coefficient (Wildman–Crippen LogP) is 3.19. The van der Waals surface area contributed by atoms with Crippen LogP contribution in [0, 0.1) is 6.92 Å². The van der Waals surface area contributed by atoms with Gasteiger partial charge in [0.1, 0.15) is 0 Å². The fourth-order valence-electron chi connectivity index (χ4n) is 2.35. The molecule has 2 rings (SSSR count). The summed E-state index contributed by atoms with van der Waals surface area (Å²) in [7, 11) is 0. The van der Waals surface area contributed by atoms with E-state index in [1.54, 1.807) is 0 Å². The second-order valence-electron chi connectivity index (χ2n) is 4.78. The van der Waals surface area contributed by atoms with E-state index in [2.05, 4.69) is 36.5 Å². The Kier molecular flexibility index (Phi) is 3.94. The number of benzene rings is 1. The topological polar surface area (TPSA) is 12.0 Å². The van der Waals surface area contributed by atoms with Crippen molar-refractivity contribution in [1.29, 1.82) is 0 Å². The van der Waals surface area contributed by atoms with Gasteiger partial charge in [0.05, 0.1) is 6.67 Å². The van der Waals surface area contributed by atoms with Crippen molar-refractivity contribution >= 4 is 0 Å². The van der Waals surface area contributed by atoms with E-state index in [0.717, 1.165) is 6.54 Å². The molecule has 16 heavy (non-hydrogen) atoms. The van der Waals surface area contributed by atoms with Crippen LogP contribution in [0.15, 0.2) is 24.3 Å². The largest absolute Gasteiger partial charge is 0.314 e. The fraction of sp³-hybridized carbons (Fsp3) is 0.571. The molecule has 0 atom stereocenters. The summed E-state index contributed by atoms with van der Waals surface area (Å²) in [5, 5.41) is 3.39. The normalized spacial score (nSPS) is 24.1. The molecule has 0 saturated heterocycles. The Morgan fingerprint density at radius 1 is 1.38 bits per heavy atom. The lowest BCUT2D eigenvalue weighted by Gasteiger charge is -2.36. The van der Waals surface area contributed by atoms with Crippen molar-refractivity contribution in [2.75, 3.05) is 13.2 Å². The number of hydrogen-bond acceptors (Lipinski definition) is 1. The molecule has 0 heterocycles. The first-order chi connectivity index (χ1) is 7.79. The molecule has 0 bridgehead atoms. The highest BCUT2D eigenvalue weighted by Crippen LogP contribution is 2.36. The summed E-state index contributed by atoms with van der Waals surface area (Å²) in [6.45, 7) is 2.75. The summed E-state index contributed by atoms with van der Waals surface area (Å²) in [5.41, 5.74) is 2.80. The Bertz CT molecular complexity index is 331. The Labute approximate surface area is 97.1 Å². The van der Waals surface area contributed by atoms with Gasteiger partial charge in [0.15, 0.2) is 0 Å². The second kappa shape index (κ2) is 5.44. The van der Waals surface area contributed by atoms with Crippen molar-refractivity contribution in [2.24, 2.45) is 0 Å². The van der Waals surface area contributed by atoms with Crippen LogP contribution in [0.1, 0.15) is 36.3 Å². The third-order valence-electron chi connectivity index (χ3n) is 3.40. The van der Waals surface area contributed by atoms with Gasteiger partial charge in [0.2, 0.25) is 0 Å². The number of hydrogen-bond donors (Lipinski definition) is 1. The Morgan fingerprint density at radius 2 is 2.19 bits per heavy atom. The van der Waals surface area contributed by atoms with Gasteiger partial charge in [-0.25, -0.2) is 0 Å². The molecule has 0 amide bonds. The van der Waals surface area contributed by atoms with Crippen LogP contribution in [0.25, 0.3) is 0 Å². The summed E-state index contributed by atoms with van der Waals surface area (Å²) < 4.78 is 11.9. The maximum atomic E-state index is 11.9. The lowest BCUT2D eigenvalue weighted by Crippen LogP contribution is -2.40. The second-order valence-corrected chi connectivity index (χ2v) is 4.78. The first-order valence-corrected chi connectivity index (χ1v) is 6.15. The zero-order valence-corrected chi connectivity index (χ0v) is 9.88. The Morgan fingerprint density at radius 3 is 2.88 bits per heavy atom. The van der Waals surface area contributed by atoms with Gasteiger partial charge in [-0.15, -0.1) is 0 Å². The third-order valence-corrected chi connectivity index (χ3v) is 3.40. The van der Waals surface area contributed by atoms with Crippen LogP contribution in [0.5, 0.6) is 0 Å². The van der Waals surface area contributed by atoms with E-state index >= 15 is 0 Å². The van der Waals surface area contributed by atoms with Gasteiger partial charge in [-0.2, -0.15) is 0 Å². The van der Waals surface area contributed by atoms with Gasteiger partial charge in [-0.05, 0) is 44.2 Å². The highest BCUT2D eigenvalue weighted by Gasteiger charge is 2.29. The van der Waals surface area contributed by atoms with Crippen molar-refractivity contribution in [3.8, 4) is 0 Å². The van der Waals surface area contributed by atoms with E-state index < -0.39 is 0 Å². The van der Waals surface area contributed by atoms with E-state index in [1.165, 1.54) is 24.0 Å². The molecular formula is C14H20FN. The number of aryl methyl sites for hydroxylation is 1. The zero-order chi connectivity index (χ0) is 11.4. The molecule has 1 aromatic rings. The van der Waals surface area contributed by atoms with Gasteiger partial charge >= 0.3 is 0 Å². The quantitative estimate of drug-likeness (QED) is 0.753. The summed E-state index contributed by atoms with van der Waals surface area (Å²) in [6.07, 6.45) is 3.05. The third kappa shape index (κ3) is 2.82. The molecule has 88 valence electrons. The van der Waals surface area contributed by atoms with Gasteiger partial charge in [-0.1, -0.05) is 29.8 Å². The summed E-state index contributed by atoms with van der Waals surface area (Å²) in [5.74, 6) is 0.711. The monoisotopic (exact) mass is 221 g/mol. The predicted molar refractivity (Wildman–Crippen MR) is 65.5 cm³/mol. The minimum Gasteiger partial charge on any atom is -0.314 e. The molecule has 1 nitrogen and oxygen atoms in total. The average molecular weight is 221 g/mol. The summed E-state index contributed by atoms with van der Waals surface area (Å²) >= 11 is 0. The van der Waals surface area contributed by atoms with Crippen molar-refractivity contribution in [3.05, 3.63) is 35.4 Å². The molecule has 0 aliphatic heterocycles. The van der Waals surface area contributed by atoms with Crippen LogP contribution >= 0.6 is 0 Å². The number of nitrogens with one attached hydrogen (secondary N) is 1. The van der Waals surface area contributed by atoms with Gasteiger partial charge in [0, 0.05) is 6.04 Å². The van der Waals surface area contributed by atoms with E-state index in [9.17, 15) is 4.39 Å². The molecule has 0 unspecified atom stereocenters. The highest BCUT2D eigenvalue weighted by atomic mass is 19.1. The maximum Gasteiger partial charge on any atom is 0.0906 e. The summed E-state index contributed by atoms with van der Waals surface area (Å²) in [4.78, 5) is 0. The molecule has 1 aromatic carbocycles. The zero-order valence-electron chi connectivity index (χ0n) is 9.88. The lowest BCUT2D eigenvalue weighted by molar-refractivity contribution is 0.286. The van der Waals surface area contributed by atoms with E-state index in [4.69, 9.17) is 0 Å². The van der Waals surface area contributed by atoms with Crippen molar-refractivity contribution in [1.82, 2.24) is 5.32 Å². The maximum absolute atomic E-state index is 11.9. The van der Waals surface area contributed by atoms with Crippen LogP contribution in [-0.2, 0) is 0 Å². The molecule has 1 N–H and O–H groups in total. The number of halogens is 1. The molecule has 1 aliphatic rings. The minimum absolute atomic E-state index is 0.207. The molecular weight excluding hydrogens is 201 g/mol. The Balaban J connectivity index is 1.75. The number of alkyl halides is 1. The fourth-order valence-corrected chi connectivity index (χ4v) is 2.35. The molecule has 0 radical (unpaired) electrons. The molecule has 0 aromatic heterocycles. The molecule has 2 heteroatoms. The average Bonchev–Trinajstić information content (AvgIpc) is 2.21. The molecule has 0 spiro atoms. The van der Waals surface area contributed by atoms with Crippen LogP contribution in [0.4, 0.5) is 4.39 Å². The van der Waals surface area contributed by atoms with E-state index in [1.807, 2.05) is 0 Å².